The highest BCUT2D eigenvalue weighted by molar-refractivity contribution is 7.92. The van der Waals surface area contributed by atoms with E-state index >= 15 is 0 Å². The number of nitrogens with zero attached hydrogens (tertiary/aromatic N) is 1. The summed E-state index contributed by atoms with van der Waals surface area (Å²) in [6.45, 7) is 0. The predicted molar refractivity (Wildman–Crippen MR) is 105 cm³/mol. The number of benzene rings is 2. The van der Waals surface area contributed by atoms with Crippen LogP contribution >= 0.6 is 11.6 Å². The Kier molecular flexibility index (Phi) is 4.99. The highest BCUT2D eigenvalue weighted by Crippen LogP contribution is 2.40. The van der Waals surface area contributed by atoms with Gasteiger partial charge in [-0.25, -0.2) is 8.42 Å². The van der Waals surface area contributed by atoms with Gasteiger partial charge in [-0.05, 0) is 49.4 Å². The van der Waals surface area contributed by atoms with E-state index in [0.717, 1.165) is 18.4 Å². The Labute approximate surface area is 165 Å². The molecule has 0 aromatic heterocycles. The maximum Gasteiger partial charge on any atom is 0.227 e. The first-order chi connectivity index (χ1) is 13.0. The summed E-state index contributed by atoms with van der Waals surface area (Å²) in [6, 6.07) is 16.0. The van der Waals surface area contributed by atoms with E-state index in [2.05, 4.69) is 0 Å². The van der Waals surface area contributed by atoms with Crippen LogP contribution in [-0.4, -0.2) is 36.6 Å². The molecule has 0 saturated carbocycles. The Morgan fingerprint density at radius 2 is 1.56 bits per heavy atom. The van der Waals surface area contributed by atoms with Gasteiger partial charge in [0.1, 0.15) is 0 Å². The molecule has 2 unspecified atom stereocenters. The first kappa shape index (κ1) is 18.5. The molecule has 0 aliphatic carbocycles. The Morgan fingerprint density at radius 3 is 2.19 bits per heavy atom. The molecule has 2 aliphatic rings. The molecular weight excluding hydrogens is 382 g/mol. The lowest BCUT2D eigenvalue weighted by molar-refractivity contribution is -0.134. The molecule has 2 aliphatic heterocycles. The summed E-state index contributed by atoms with van der Waals surface area (Å²) >= 11 is 6.20. The van der Waals surface area contributed by atoms with Crippen LogP contribution in [0.25, 0.3) is 0 Å². The van der Waals surface area contributed by atoms with Gasteiger partial charge in [0.25, 0.3) is 0 Å². The normalized spacial score (nSPS) is 24.8. The van der Waals surface area contributed by atoms with Crippen LogP contribution in [0, 0.1) is 0 Å². The second-order valence-corrected chi connectivity index (χ2v) is 10.0. The number of carbonyl (C=O) groups excluding carboxylic acids is 1. The average molecular weight is 404 g/mol. The molecule has 1 amide bonds. The standard InChI is InChI=1S/C21H22ClNO3S/c22-20-9-5-4-6-15(20)12-21(24)23-16-10-11-17(23)14-19(13-16)27(25,26)18-7-2-1-3-8-18/h1-9,16-17,19H,10-14H2. The van der Waals surface area contributed by atoms with Crippen molar-refractivity contribution in [3.8, 4) is 0 Å². The Bertz CT molecular complexity index is 931. The van der Waals surface area contributed by atoms with Crippen molar-refractivity contribution in [2.45, 2.75) is 54.3 Å². The van der Waals surface area contributed by atoms with Gasteiger partial charge in [-0.15, -0.1) is 0 Å². The number of halogens is 1. The first-order valence-electron chi connectivity index (χ1n) is 9.30. The molecule has 0 radical (unpaired) electrons. The molecule has 2 aromatic carbocycles. The maximum absolute atomic E-state index is 13.0. The third-order valence-electron chi connectivity index (χ3n) is 5.79. The van der Waals surface area contributed by atoms with Crippen LogP contribution in [0.5, 0.6) is 0 Å². The summed E-state index contributed by atoms with van der Waals surface area (Å²) in [7, 11) is -3.36. The summed E-state index contributed by atoms with van der Waals surface area (Å²) in [5.41, 5.74) is 0.822. The number of hydrogen-bond acceptors (Lipinski definition) is 3. The van der Waals surface area contributed by atoms with E-state index in [1.807, 2.05) is 29.2 Å². The quantitative estimate of drug-likeness (QED) is 0.778. The van der Waals surface area contributed by atoms with Crippen LogP contribution in [0.15, 0.2) is 59.5 Å². The zero-order valence-electron chi connectivity index (χ0n) is 14.9. The van der Waals surface area contributed by atoms with E-state index in [1.165, 1.54) is 0 Å². The number of fused-ring (bicyclic) bond motifs is 2. The minimum Gasteiger partial charge on any atom is -0.336 e. The van der Waals surface area contributed by atoms with Gasteiger partial charge in [0.2, 0.25) is 5.91 Å². The molecule has 6 heteroatoms. The maximum atomic E-state index is 13.0. The number of hydrogen-bond donors (Lipinski definition) is 0. The average Bonchev–Trinajstić information content (AvgIpc) is 2.94. The van der Waals surface area contributed by atoms with Gasteiger partial charge in [0, 0.05) is 17.1 Å². The van der Waals surface area contributed by atoms with Crippen molar-refractivity contribution in [2.75, 3.05) is 0 Å². The Morgan fingerprint density at radius 1 is 0.963 bits per heavy atom. The number of rotatable bonds is 4. The van der Waals surface area contributed by atoms with E-state index in [1.54, 1.807) is 30.3 Å². The highest BCUT2D eigenvalue weighted by Gasteiger charge is 2.46. The molecule has 2 aromatic rings. The van der Waals surface area contributed by atoms with Gasteiger partial charge in [-0.2, -0.15) is 0 Å². The second kappa shape index (κ2) is 7.28. The number of carbonyl (C=O) groups is 1. The van der Waals surface area contributed by atoms with Gasteiger partial charge in [0.15, 0.2) is 9.84 Å². The number of amides is 1. The molecule has 2 fully saturated rings. The van der Waals surface area contributed by atoms with Crippen LogP contribution in [0.1, 0.15) is 31.2 Å². The topological polar surface area (TPSA) is 54.5 Å². The lowest BCUT2D eigenvalue weighted by atomic mass is 10.0. The lowest BCUT2D eigenvalue weighted by Crippen LogP contribution is -2.50. The van der Waals surface area contributed by atoms with Gasteiger partial charge in [-0.3, -0.25) is 4.79 Å². The van der Waals surface area contributed by atoms with Crippen LogP contribution in [0.2, 0.25) is 5.02 Å². The third-order valence-corrected chi connectivity index (χ3v) is 8.35. The van der Waals surface area contributed by atoms with Gasteiger partial charge < -0.3 is 4.90 Å². The fourth-order valence-electron chi connectivity index (χ4n) is 4.49. The molecule has 4 rings (SSSR count). The number of sulfone groups is 1. The zero-order chi connectivity index (χ0) is 19.0. The zero-order valence-corrected chi connectivity index (χ0v) is 16.5. The van der Waals surface area contributed by atoms with E-state index in [9.17, 15) is 13.2 Å². The number of piperidine rings is 1. The highest BCUT2D eigenvalue weighted by atomic mass is 35.5. The molecule has 4 nitrogen and oxygen atoms in total. The van der Waals surface area contributed by atoms with Crippen LogP contribution in [0.4, 0.5) is 0 Å². The predicted octanol–water partition coefficient (Wildman–Crippen LogP) is 3.88. The summed E-state index contributed by atoms with van der Waals surface area (Å²) in [5.74, 6) is 0.0474. The van der Waals surface area contributed by atoms with Crippen molar-refractivity contribution in [2.24, 2.45) is 0 Å². The minimum atomic E-state index is -3.36. The molecule has 142 valence electrons. The summed E-state index contributed by atoms with van der Waals surface area (Å²) < 4.78 is 26.0. The monoisotopic (exact) mass is 403 g/mol. The van der Waals surface area contributed by atoms with Gasteiger partial charge in [-0.1, -0.05) is 48.0 Å². The van der Waals surface area contributed by atoms with Crippen molar-refractivity contribution >= 4 is 27.3 Å². The molecule has 27 heavy (non-hydrogen) atoms. The van der Waals surface area contributed by atoms with Crippen LogP contribution in [0.3, 0.4) is 0 Å². The van der Waals surface area contributed by atoms with E-state index in [-0.39, 0.29) is 24.4 Å². The Hall–Kier alpha value is -1.85. The largest absolute Gasteiger partial charge is 0.336 e. The Balaban J connectivity index is 1.51. The fourth-order valence-corrected chi connectivity index (χ4v) is 6.56. The van der Waals surface area contributed by atoms with Crippen molar-refractivity contribution in [1.82, 2.24) is 4.90 Å². The SMILES string of the molecule is O=C(Cc1ccccc1Cl)N1C2CCC1CC(S(=O)(=O)c1ccccc1)C2. The van der Waals surface area contributed by atoms with Crippen molar-refractivity contribution in [1.29, 1.82) is 0 Å². The molecular formula is C21H22ClNO3S. The van der Waals surface area contributed by atoms with E-state index in [0.29, 0.717) is 22.8 Å². The molecule has 2 saturated heterocycles. The van der Waals surface area contributed by atoms with Crippen LogP contribution in [-0.2, 0) is 21.1 Å². The van der Waals surface area contributed by atoms with Gasteiger partial charge >= 0.3 is 0 Å². The van der Waals surface area contributed by atoms with Crippen molar-refractivity contribution in [3.05, 3.63) is 65.2 Å². The van der Waals surface area contributed by atoms with Gasteiger partial charge in [0.05, 0.1) is 16.6 Å². The third kappa shape index (κ3) is 3.50. The molecule has 0 N–H and O–H groups in total. The van der Waals surface area contributed by atoms with Crippen LogP contribution < -0.4 is 0 Å². The molecule has 2 bridgehead atoms. The lowest BCUT2D eigenvalue weighted by Gasteiger charge is -2.38. The fraction of sp³-hybridized carbons (Fsp3) is 0.381. The smallest absolute Gasteiger partial charge is 0.227 e. The minimum absolute atomic E-state index is 0.00206. The summed E-state index contributed by atoms with van der Waals surface area (Å²) in [5, 5.41) is 0.182. The molecule has 2 heterocycles. The van der Waals surface area contributed by atoms with Crippen molar-refractivity contribution in [3.63, 3.8) is 0 Å². The van der Waals surface area contributed by atoms with E-state index in [4.69, 9.17) is 11.6 Å². The first-order valence-corrected chi connectivity index (χ1v) is 11.2. The van der Waals surface area contributed by atoms with Crippen molar-refractivity contribution < 1.29 is 13.2 Å². The summed E-state index contributed by atoms with van der Waals surface area (Å²) in [6.07, 6.45) is 3.05. The summed E-state index contributed by atoms with van der Waals surface area (Å²) in [4.78, 5) is 15.2. The molecule has 2 atom stereocenters. The second-order valence-electron chi connectivity index (χ2n) is 7.41. The van der Waals surface area contributed by atoms with E-state index < -0.39 is 15.1 Å². The molecule has 0 spiro atoms.